The van der Waals surface area contributed by atoms with Gasteiger partial charge in [-0.05, 0) is 62.1 Å². The molecule has 0 atom stereocenters. The zero-order valence-corrected chi connectivity index (χ0v) is 16.9. The van der Waals surface area contributed by atoms with E-state index < -0.39 is 5.60 Å². The van der Waals surface area contributed by atoms with E-state index in [1.807, 2.05) is 25.5 Å². The number of ether oxygens (including phenoxy) is 1. The monoisotopic (exact) mass is 458 g/mol. The van der Waals surface area contributed by atoms with Crippen molar-refractivity contribution in [3.8, 4) is 0 Å². The Morgan fingerprint density at radius 1 is 1.36 bits per heavy atom. The van der Waals surface area contributed by atoms with Crippen LogP contribution in [0.3, 0.4) is 0 Å². The van der Waals surface area contributed by atoms with Crippen LogP contribution >= 0.6 is 22.6 Å². The molecule has 2 aromatic heterocycles. The molecule has 136 valence electrons. The van der Waals surface area contributed by atoms with Gasteiger partial charge in [0, 0.05) is 19.6 Å². The fourth-order valence-electron chi connectivity index (χ4n) is 2.98. The average molecular weight is 458 g/mol. The summed E-state index contributed by atoms with van der Waals surface area (Å²) in [5.74, 6) is 0.897. The number of nitrogens with two attached hydrogens (primary N) is 1. The van der Waals surface area contributed by atoms with Gasteiger partial charge in [-0.3, -0.25) is 0 Å². The Labute approximate surface area is 160 Å². The molecule has 3 heterocycles. The first-order valence-electron chi connectivity index (χ1n) is 8.35. The van der Waals surface area contributed by atoms with E-state index in [0.29, 0.717) is 24.8 Å². The summed E-state index contributed by atoms with van der Waals surface area (Å²) in [6.07, 6.45) is 3.07. The van der Waals surface area contributed by atoms with E-state index >= 15 is 0 Å². The molecular weight excluding hydrogens is 435 g/mol. The minimum atomic E-state index is -0.460. The normalized spacial score (nSPS) is 16.4. The maximum atomic E-state index is 12.1. The Hall–Kier alpha value is -1.65. The van der Waals surface area contributed by atoms with Gasteiger partial charge < -0.3 is 15.4 Å². The summed E-state index contributed by atoms with van der Waals surface area (Å²) < 4.78 is 8.16. The molecule has 0 spiro atoms. The number of rotatable bonds is 2. The highest BCUT2D eigenvalue weighted by atomic mass is 127. The van der Waals surface area contributed by atoms with E-state index in [-0.39, 0.29) is 6.09 Å². The number of piperidine rings is 1. The third-order valence-corrected chi connectivity index (χ3v) is 4.97. The Morgan fingerprint density at radius 2 is 2.04 bits per heavy atom. The van der Waals surface area contributed by atoms with Gasteiger partial charge in [0.15, 0.2) is 5.65 Å². The van der Waals surface area contributed by atoms with Crippen LogP contribution in [0, 0.1) is 9.62 Å². The van der Waals surface area contributed by atoms with E-state index in [4.69, 9.17) is 10.5 Å². The van der Waals surface area contributed by atoms with Crippen molar-refractivity contribution in [3.63, 3.8) is 0 Å². The van der Waals surface area contributed by atoms with Crippen LogP contribution in [0.2, 0.25) is 0 Å². The lowest BCUT2D eigenvalue weighted by Gasteiger charge is -2.33. The second-order valence-corrected chi connectivity index (χ2v) is 8.36. The van der Waals surface area contributed by atoms with Crippen molar-refractivity contribution < 1.29 is 9.53 Å². The number of carbonyl (C=O) groups excluding carboxylic acids is 1. The van der Waals surface area contributed by atoms with Crippen molar-refractivity contribution in [3.05, 3.63) is 10.0 Å². The van der Waals surface area contributed by atoms with Gasteiger partial charge in [0.25, 0.3) is 0 Å². The van der Waals surface area contributed by atoms with E-state index in [1.165, 1.54) is 6.33 Å². The molecule has 8 nitrogen and oxygen atoms in total. The molecule has 0 aromatic carbocycles. The predicted molar refractivity (Wildman–Crippen MR) is 103 cm³/mol. The molecular formula is C16H23IN6O2. The highest BCUT2D eigenvalue weighted by molar-refractivity contribution is 14.1. The second kappa shape index (κ2) is 6.93. The van der Waals surface area contributed by atoms with Crippen LogP contribution in [-0.4, -0.2) is 49.4 Å². The molecule has 25 heavy (non-hydrogen) atoms. The Balaban J connectivity index is 1.64. The summed E-state index contributed by atoms with van der Waals surface area (Å²) in [6.45, 7) is 7.82. The van der Waals surface area contributed by atoms with Crippen LogP contribution in [-0.2, 0) is 11.3 Å². The van der Waals surface area contributed by atoms with Gasteiger partial charge in [-0.1, -0.05) is 0 Å². The number of halogens is 1. The van der Waals surface area contributed by atoms with Crippen molar-refractivity contribution in [2.45, 2.75) is 45.8 Å². The summed E-state index contributed by atoms with van der Waals surface area (Å²) in [7, 11) is 0. The van der Waals surface area contributed by atoms with E-state index in [0.717, 1.165) is 34.1 Å². The molecule has 0 saturated carbocycles. The summed E-state index contributed by atoms with van der Waals surface area (Å²) >= 11 is 2.16. The molecule has 1 aliphatic rings. The van der Waals surface area contributed by atoms with Gasteiger partial charge >= 0.3 is 6.09 Å². The van der Waals surface area contributed by atoms with E-state index in [2.05, 4.69) is 37.7 Å². The summed E-state index contributed by atoms with van der Waals surface area (Å²) in [6, 6.07) is 0. The average Bonchev–Trinajstić information content (AvgIpc) is 2.84. The first-order valence-corrected chi connectivity index (χ1v) is 9.43. The molecule has 3 rings (SSSR count). The van der Waals surface area contributed by atoms with Gasteiger partial charge in [-0.2, -0.15) is 5.10 Å². The Bertz CT molecular complexity index is 777. The van der Waals surface area contributed by atoms with E-state index in [1.54, 1.807) is 4.90 Å². The van der Waals surface area contributed by atoms with Crippen LogP contribution < -0.4 is 5.73 Å². The zero-order chi connectivity index (χ0) is 18.2. The molecule has 0 aliphatic carbocycles. The third kappa shape index (κ3) is 4.13. The number of amides is 1. The number of nitrogen functional groups attached to an aromatic ring is 1. The first kappa shape index (κ1) is 18.2. The number of nitrogens with zero attached hydrogens (tertiary/aromatic N) is 5. The molecule has 2 N–H and O–H groups in total. The lowest BCUT2D eigenvalue weighted by atomic mass is 9.97. The first-order chi connectivity index (χ1) is 11.7. The molecule has 1 saturated heterocycles. The molecule has 1 aliphatic heterocycles. The fourth-order valence-corrected chi connectivity index (χ4v) is 3.76. The highest BCUT2D eigenvalue weighted by Gasteiger charge is 2.27. The van der Waals surface area contributed by atoms with Crippen LogP contribution in [0.4, 0.5) is 10.6 Å². The third-order valence-electron chi connectivity index (χ3n) is 4.21. The largest absolute Gasteiger partial charge is 0.444 e. The Morgan fingerprint density at radius 3 is 2.68 bits per heavy atom. The number of aromatic nitrogens is 4. The van der Waals surface area contributed by atoms with Gasteiger partial charge in [0.2, 0.25) is 0 Å². The SMILES string of the molecule is CC(C)(C)OC(=O)N1CCC(Cn2nc(I)c3c(N)ncnc32)CC1. The molecule has 0 unspecified atom stereocenters. The summed E-state index contributed by atoms with van der Waals surface area (Å²) in [4.78, 5) is 22.3. The van der Waals surface area contributed by atoms with Crippen LogP contribution in [0.25, 0.3) is 11.0 Å². The number of anilines is 1. The van der Waals surface area contributed by atoms with Gasteiger partial charge in [-0.15, -0.1) is 0 Å². The van der Waals surface area contributed by atoms with Crippen molar-refractivity contribution in [2.24, 2.45) is 5.92 Å². The maximum absolute atomic E-state index is 12.1. The fraction of sp³-hybridized carbons (Fsp3) is 0.625. The second-order valence-electron chi connectivity index (χ2n) is 7.34. The smallest absolute Gasteiger partial charge is 0.410 e. The lowest BCUT2D eigenvalue weighted by molar-refractivity contribution is 0.0177. The lowest BCUT2D eigenvalue weighted by Crippen LogP contribution is -2.42. The van der Waals surface area contributed by atoms with E-state index in [9.17, 15) is 4.79 Å². The number of hydrogen-bond donors (Lipinski definition) is 1. The van der Waals surface area contributed by atoms with Crippen LogP contribution in [0.1, 0.15) is 33.6 Å². The molecule has 0 bridgehead atoms. The van der Waals surface area contributed by atoms with Crippen molar-refractivity contribution in [1.29, 1.82) is 0 Å². The topological polar surface area (TPSA) is 99.2 Å². The maximum Gasteiger partial charge on any atom is 0.410 e. The molecule has 0 radical (unpaired) electrons. The minimum Gasteiger partial charge on any atom is -0.444 e. The zero-order valence-electron chi connectivity index (χ0n) is 14.7. The quantitative estimate of drug-likeness (QED) is 0.695. The van der Waals surface area contributed by atoms with Crippen molar-refractivity contribution >= 4 is 45.5 Å². The molecule has 1 fully saturated rings. The minimum absolute atomic E-state index is 0.231. The summed E-state index contributed by atoms with van der Waals surface area (Å²) in [5.41, 5.74) is 6.25. The van der Waals surface area contributed by atoms with Crippen LogP contribution in [0.15, 0.2) is 6.33 Å². The summed E-state index contributed by atoms with van der Waals surface area (Å²) in [5, 5.41) is 5.38. The van der Waals surface area contributed by atoms with Crippen LogP contribution in [0.5, 0.6) is 0 Å². The standard InChI is InChI=1S/C16H23IN6O2/c1-16(2,3)25-15(24)22-6-4-10(5-7-22)8-23-14-11(12(17)21-23)13(18)19-9-20-14/h9-10H,4-8H2,1-3H3,(H2,18,19,20). The van der Waals surface area contributed by atoms with Gasteiger partial charge in [0.1, 0.15) is 21.4 Å². The van der Waals surface area contributed by atoms with Crippen molar-refractivity contribution in [1.82, 2.24) is 24.6 Å². The number of carbonyl (C=O) groups is 1. The molecule has 2 aromatic rings. The highest BCUT2D eigenvalue weighted by Crippen LogP contribution is 2.26. The molecule has 9 heteroatoms. The van der Waals surface area contributed by atoms with Gasteiger partial charge in [0.05, 0.1) is 5.39 Å². The Kier molecular flexibility index (Phi) is 5.03. The number of hydrogen-bond acceptors (Lipinski definition) is 6. The van der Waals surface area contributed by atoms with Crippen molar-refractivity contribution in [2.75, 3.05) is 18.8 Å². The molecule has 1 amide bonds. The predicted octanol–water partition coefficient (Wildman–Crippen LogP) is 2.66. The number of likely N-dealkylation sites (tertiary alicyclic amines) is 1. The number of fused-ring (bicyclic) bond motifs is 1. The van der Waals surface area contributed by atoms with Gasteiger partial charge in [-0.25, -0.2) is 19.4 Å².